The third kappa shape index (κ3) is 1.67. The molecule has 0 spiro atoms. The second kappa shape index (κ2) is 3.78. The Kier molecular flexibility index (Phi) is 2.43. The van der Waals surface area contributed by atoms with E-state index in [1.54, 1.807) is 12.1 Å². The Morgan fingerprint density at radius 1 is 1.06 bits per heavy atom. The van der Waals surface area contributed by atoms with Crippen molar-refractivity contribution >= 4 is 11.4 Å². The number of carbonyl (C=O) groups excluding carboxylic acids is 1. The summed E-state index contributed by atoms with van der Waals surface area (Å²) < 4.78 is 0. The lowest BCUT2D eigenvalue weighted by molar-refractivity contribution is -0.614. The predicted molar refractivity (Wildman–Crippen MR) is 56.3 cm³/mol. The van der Waals surface area contributed by atoms with Crippen LogP contribution < -0.4 is 0 Å². The summed E-state index contributed by atoms with van der Waals surface area (Å²) >= 11 is 0. The number of ketones is 1. The Balaban J connectivity index is 2.71. The van der Waals surface area contributed by atoms with E-state index in [1.165, 1.54) is 12.1 Å². The smallest absolute Gasteiger partial charge is 0.294 e. The average Bonchev–Trinajstić information content (AvgIpc) is 2.56. The van der Waals surface area contributed by atoms with E-state index < -0.39 is 15.7 Å². The number of rotatable bonds is 2. The van der Waals surface area contributed by atoms with Crippen molar-refractivity contribution in [2.75, 3.05) is 0 Å². The molecule has 0 unspecified atom stereocenters. The first-order valence-corrected chi connectivity index (χ1v) is 4.67. The highest BCUT2D eigenvalue weighted by Gasteiger charge is 2.39. The molecule has 0 aromatic heterocycles. The van der Waals surface area contributed by atoms with E-state index in [0.717, 1.165) is 0 Å². The average molecular weight is 234 g/mol. The van der Waals surface area contributed by atoms with Crippen LogP contribution >= 0.6 is 0 Å². The van der Waals surface area contributed by atoms with Crippen LogP contribution in [-0.2, 0) is 0 Å². The number of Topliss-reactive ketones (excluding diaryl/α,β-unsaturated/α-hetero) is 1. The highest BCUT2D eigenvalue weighted by atomic mass is 16.7. The quantitative estimate of drug-likeness (QED) is 0.569. The van der Waals surface area contributed by atoms with Gasteiger partial charge in [-0.15, -0.1) is 0 Å². The van der Waals surface area contributed by atoms with Crippen LogP contribution in [0.15, 0.2) is 30.1 Å². The Hall–Kier alpha value is -2.57. The van der Waals surface area contributed by atoms with Crippen molar-refractivity contribution in [2.24, 2.45) is 0 Å². The number of hydrogen-bond acceptors (Lipinski definition) is 5. The van der Waals surface area contributed by atoms with Crippen LogP contribution in [0.5, 0.6) is 0 Å². The van der Waals surface area contributed by atoms with Gasteiger partial charge in [0.05, 0.1) is 6.42 Å². The van der Waals surface area contributed by atoms with Crippen LogP contribution in [0.4, 0.5) is 0 Å². The summed E-state index contributed by atoms with van der Waals surface area (Å²) in [5.41, 5.74) is 0.449. The third-order valence-electron chi connectivity index (χ3n) is 2.51. The molecule has 2 rings (SSSR count). The lowest BCUT2D eigenvalue weighted by Crippen LogP contribution is -2.11. The van der Waals surface area contributed by atoms with E-state index in [0.29, 0.717) is 5.56 Å². The summed E-state index contributed by atoms with van der Waals surface area (Å²) in [6, 6.07) is 6.16. The molecule has 7 heteroatoms. The molecule has 0 aliphatic heterocycles. The second-order valence-corrected chi connectivity index (χ2v) is 3.46. The van der Waals surface area contributed by atoms with Gasteiger partial charge in [0.2, 0.25) is 0 Å². The first-order valence-electron chi connectivity index (χ1n) is 4.67. The van der Waals surface area contributed by atoms with Crippen molar-refractivity contribution in [2.45, 2.75) is 6.42 Å². The molecule has 0 heterocycles. The number of nitro groups is 2. The van der Waals surface area contributed by atoms with Crippen LogP contribution in [0, 0.1) is 20.2 Å². The summed E-state index contributed by atoms with van der Waals surface area (Å²) in [5.74, 6) is -1.46. The summed E-state index contributed by atoms with van der Waals surface area (Å²) in [7, 11) is 0. The Labute approximate surface area is 94.7 Å². The first kappa shape index (κ1) is 10.9. The summed E-state index contributed by atoms with van der Waals surface area (Å²) in [5, 5.41) is 21.3. The fourth-order valence-electron chi connectivity index (χ4n) is 1.83. The minimum atomic E-state index is -1.12. The van der Waals surface area contributed by atoms with Crippen molar-refractivity contribution in [3.8, 4) is 0 Å². The number of allylic oxidation sites excluding steroid dienone is 1. The van der Waals surface area contributed by atoms with Crippen molar-refractivity contribution in [3.63, 3.8) is 0 Å². The van der Waals surface area contributed by atoms with Gasteiger partial charge in [-0.2, -0.15) is 0 Å². The number of benzene rings is 1. The van der Waals surface area contributed by atoms with Gasteiger partial charge in [-0.3, -0.25) is 25.0 Å². The van der Waals surface area contributed by atoms with E-state index >= 15 is 0 Å². The molecule has 17 heavy (non-hydrogen) atoms. The molecule has 0 atom stereocenters. The molecule has 7 nitrogen and oxygen atoms in total. The molecule has 1 aliphatic carbocycles. The van der Waals surface area contributed by atoms with Crippen molar-refractivity contribution in [3.05, 3.63) is 61.4 Å². The minimum absolute atomic E-state index is 0.124. The molecule has 0 amide bonds. The Bertz CT molecular complexity index is 560. The second-order valence-electron chi connectivity index (χ2n) is 3.46. The SMILES string of the molecule is O=C1CC(=C([N+](=O)[O-])[N+](=O)[O-])c2ccccc21. The lowest BCUT2D eigenvalue weighted by atomic mass is 10.1. The summed E-state index contributed by atoms with van der Waals surface area (Å²) in [4.78, 5) is 30.7. The maximum Gasteiger partial charge on any atom is 0.562 e. The van der Waals surface area contributed by atoms with E-state index in [1.807, 2.05) is 0 Å². The van der Waals surface area contributed by atoms with E-state index in [-0.39, 0.29) is 23.3 Å². The van der Waals surface area contributed by atoms with Gasteiger partial charge in [-0.05, 0) is 0 Å². The molecule has 0 radical (unpaired) electrons. The van der Waals surface area contributed by atoms with Gasteiger partial charge in [-0.25, -0.2) is 0 Å². The lowest BCUT2D eigenvalue weighted by Gasteiger charge is -1.96. The molecule has 0 bridgehead atoms. The summed E-state index contributed by atoms with van der Waals surface area (Å²) in [6.07, 6.45) is -0.295. The van der Waals surface area contributed by atoms with Crippen molar-refractivity contribution in [1.82, 2.24) is 0 Å². The zero-order valence-corrected chi connectivity index (χ0v) is 8.45. The van der Waals surface area contributed by atoms with Crippen LogP contribution in [0.25, 0.3) is 5.57 Å². The maximum absolute atomic E-state index is 11.5. The molecule has 1 aliphatic rings. The third-order valence-corrected chi connectivity index (χ3v) is 2.51. The van der Waals surface area contributed by atoms with Gasteiger partial charge in [0.15, 0.2) is 5.78 Å². The molecule has 0 saturated heterocycles. The van der Waals surface area contributed by atoms with Crippen LogP contribution in [0.3, 0.4) is 0 Å². The fraction of sp³-hybridized carbons (Fsp3) is 0.100. The van der Waals surface area contributed by atoms with E-state index in [2.05, 4.69) is 0 Å². The summed E-state index contributed by atoms with van der Waals surface area (Å²) in [6.45, 7) is 0. The molecular formula is C10H6N2O5. The predicted octanol–water partition coefficient (Wildman–Crippen LogP) is 1.50. The number of fused-ring (bicyclic) bond motifs is 1. The standard InChI is InChI=1S/C10H6N2O5/c13-9-5-8(10(11(14)15)12(16)17)6-3-1-2-4-7(6)9/h1-4H,5H2. The van der Waals surface area contributed by atoms with Gasteiger partial charge in [0.25, 0.3) is 0 Å². The maximum atomic E-state index is 11.5. The molecule has 0 fully saturated rings. The van der Waals surface area contributed by atoms with Gasteiger partial charge < -0.3 is 0 Å². The van der Waals surface area contributed by atoms with Crippen LogP contribution in [0.1, 0.15) is 22.3 Å². The topological polar surface area (TPSA) is 103 Å². The largest absolute Gasteiger partial charge is 0.562 e. The fourth-order valence-corrected chi connectivity index (χ4v) is 1.83. The molecular weight excluding hydrogens is 228 g/mol. The van der Waals surface area contributed by atoms with E-state index in [9.17, 15) is 25.0 Å². The highest BCUT2D eigenvalue weighted by molar-refractivity contribution is 6.11. The molecule has 1 aromatic carbocycles. The number of carbonyl (C=O) groups is 1. The van der Waals surface area contributed by atoms with Crippen LogP contribution in [-0.4, -0.2) is 15.6 Å². The highest BCUT2D eigenvalue weighted by Crippen LogP contribution is 2.34. The molecule has 1 aromatic rings. The minimum Gasteiger partial charge on any atom is -0.294 e. The normalized spacial score (nSPS) is 13.4. The zero-order chi connectivity index (χ0) is 12.6. The molecule has 0 saturated carbocycles. The number of hydrogen-bond donors (Lipinski definition) is 0. The van der Waals surface area contributed by atoms with Crippen molar-refractivity contribution in [1.29, 1.82) is 0 Å². The van der Waals surface area contributed by atoms with Gasteiger partial charge in [-0.1, -0.05) is 24.3 Å². The van der Waals surface area contributed by atoms with Crippen molar-refractivity contribution < 1.29 is 14.6 Å². The first-order chi connectivity index (χ1) is 8.02. The molecule has 0 N–H and O–H groups in total. The van der Waals surface area contributed by atoms with E-state index in [4.69, 9.17) is 0 Å². The monoisotopic (exact) mass is 234 g/mol. The number of nitrogens with zero attached hydrogens (tertiary/aromatic N) is 2. The van der Waals surface area contributed by atoms with Gasteiger partial charge in [0, 0.05) is 11.1 Å². The zero-order valence-electron chi connectivity index (χ0n) is 8.45. The Morgan fingerprint density at radius 3 is 2.12 bits per heavy atom. The van der Waals surface area contributed by atoms with Gasteiger partial charge >= 0.3 is 5.82 Å². The van der Waals surface area contributed by atoms with Crippen LogP contribution in [0.2, 0.25) is 0 Å². The Morgan fingerprint density at radius 2 is 1.59 bits per heavy atom. The van der Waals surface area contributed by atoms with Gasteiger partial charge in [0.1, 0.15) is 15.4 Å². The molecule has 86 valence electrons.